The summed E-state index contributed by atoms with van der Waals surface area (Å²) in [6.45, 7) is 13.8. The molecule has 9 heteroatoms. The molecule has 0 radical (unpaired) electrons. The molecular formula is C26H38N4O5. The van der Waals surface area contributed by atoms with Crippen molar-refractivity contribution in [3.05, 3.63) is 29.8 Å². The first kappa shape index (κ1) is 25.6. The molecule has 35 heavy (non-hydrogen) atoms. The Balaban J connectivity index is 1.44. The van der Waals surface area contributed by atoms with Crippen LogP contribution in [0.4, 0.5) is 5.69 Å². The third kappa shape index (κ3) is 5.22. The summed E-state index contributed by atoms with van der Waals surface area (Å²) in [6, 6.07) is 6.35. The van der Waals surface area contributed by atoms with Crippen molar-refractivity contribution in [1.82, 2.24) is 15.1 Å². The molecule has 192 valence electrons. The van der Waals surface area contributed by atoms with Crippen LogP contribution in [-0.4, -0.2) is 102 Å². The second kappa shape index (κ2) is 9.87. The number of carbonyl (C=O) groups excluding carboxylic acids is 3. The first-order valence-corrected chi connectivity index (χ1v) is 12.5. The predicted molar refractivity (Wildman–Crippen MR) is 132 cm³/mol. The molecule has 3 heterocycles. The van der Waals surface area contributed by atoms with Gasteiger partial charge in [0, 0.05) is 43.5 Å². The number of nitrogens with one attached hydrogen (secondary N) is 1. The van der Waals surface area contributed by atoms with Crippen LogP contribution in [0.2, 0.25) is 0 Å². The molecule has 4 atom stereocenters. The lowest BCUT2D eigenvalue weighted by Crippen LogP contribution is -2.57. The first-order valence-electron chi connectivity index (χ1n) is 12.5. The summed E-state index contributed by atoms with van der Waals surface area (Å²) in [5.74, 6) is -0.945. The number of hydrogen-bond acceptors (Lipinski definition) is 7. The minimum atomic E-state index is -0.915. The Morgan fingerprint density at radius 2 is 1.71 bits per heavy atom. The Kier molecular flexibility index (Phi) is 7.22. The summed E-state index contributed by atoms with van der Waals surface area (Å²) in [7, 11) is 0. The van der Waals surface area contributed by atoms with E-state index in [1.807, 2.05) is 32.9 Å². The van der Waals surface area contributed by atoms with E-state index in [9.17, 15) is 19.5 Å². The van der Waals surface area contributed by atoms with Gasteiger partial charge in [-0.3, -0.25) is 19.3 Å². The predicted octanol–water partition coefficient (Wildman–Crippen LogP) is 0.901. The second-order valence-electron chi connectivity index (χ2n) is 11.2. The number of aliphatic hydroxyl groups is 1. The summed E-state index contributed by atoms with van der Waals surface area (Å²) < 4.78 is 5.39. The molecule has 9 nitrogen and oxygen atoms in total. The van der Waals surface area contributed by atoms with Gasteiger partial charge in [0.05, 0.1) is 6.54 Å². The van der Waals surface area contributed by atoms with E-state index in [4.69, 9.17) is 4.74 Å². The van der Waals surface area contributed by atoms with E-state index in [0.29, 0.717) is 11.6 Å². The average molecular weight is 487 g/mol. The van der Waals surface area contributed by atoms with Crippen molar-refractivity contribution in [2.75, 3.05) is 44.2 Å². The monoisotopic (exact) mass is 486 g/mol. The van der Waals surface area contributed by atoms with Crippen molar-refractivity contribution < 1.29 is 24.2 Å². The number of anilines is 1. The van der Waals surface area contributed by atoms with E-state index in [0.717, 1.165) is 31.9 Å². The lowest BCUT2D eigenvalue weighted by molar-refractivity contribution is -0.140. The maximum Gasteiger partial charge on any atom is 0.251 e. The zero-order valence-electron chi connectivity index (χ0n) is 21.4. The topological polar surface area (TPSA) is 102 Å². The minimum Gasteiger partial charge on any atom is -0.388 e. The molecule has 0 spiro atoms. The Bertz CT molecular complexity index is 949. The van der Waals surface area contributed by atoms with E-state index < -0.39 is 29.7 Å². The number of ether oxygens (including phenoxy) is 1. The van der Waals surface area contributed by atoms with E-state index in [1.54, 1.807) is 12.1 Å². The lowest BCUT2D eigenvalue weighted by atomic mass is 9.85. The molecule has 3 saturated heterocycles. The Morgan fingerprint density at radius 3 is 2.29 bits per heavy atom. The van der Waals surface area contributed by atoms with Crippen LogP contribution in [0, 0.1) is 5.41 Å². The normalized spacial score (nSPS) is 26.3. The number of ketones is 1. The van der Waals surface area contributed by atoms with Crippen molar-refractivity contribution in [2.24, 2.45) is 5.41 Å². The van der Waals surface area contributed by atoms with Gasteiger partial charge in [0.2, 0.25) is 5.91 Å². The number of carbonyl (C=O) groups is 3. The SMILES string of the molecule is CC(C)N1CCN(c2ccc(C(=O)NC(C(=O)N3C[C@H](O)[C@H]4OCC(=O)[C@H]43)C(C)(C)C)cc2)CC1. The molecule has 2 N–H and O–H groups in total. The van der Waals surface area contributed by atoms with Crippen LogP contribution in [0.15, 0.2) is 24.3 Å². The van der Waals surface area contributed by atoms with Crippen LogP contribution in [0.1, 0.15) is 45.0 Å². The lowest BCUT2D eigenvalue weighted by Gasteiger charge is -2.38. The van der Waals surface area contributed by atoms with Crippen molar-refractivity contribution in [3.8, 4) is 0 Å². The maximum absolute atomic E-state index is 13.5. The fraction of sp³-hybridized carbons (Fsp3) is 0.654. The number of likely N-dealkylation sites (tertiary alicyclic amines) is 1. The first-order chi connectivity index (χ1) is 16.5. The number of piperazine rings is 1. The largest absolute Gasteiger partial charge is 0.388 e. The number of benzene rings is 1. The highest BCUT2D eigenvalue weighted by Crippen LogP contribution is 2.31. The van der Waals surface area contributed by atoms with Crippen LogP contribution < -0.4 is 10.2 Å². The van der Waals surface area contributed by atoms with Crippen LogP contribution >= 0.6 is 0 Å². The number of aliphatic hydroxyl groups excluding tert-OH is 1. The molecular weight excluding hydrogens is 448 g/mol. The second-order valence-corrected chi connectivity index (χ2v) is 11.2. The molecule has 1 aromatic rings. The number of β-amino-alcohol motifs (C(OH)–C–C–N with tert-alkyl or cyclic N) is 1. The van der Waals surface area contributed by atoms with Gasteiger partial charge in [0.1, 0.15) is 30.9 Å². The zero-order chi connectivity index (χ0) is 25.5. The molecule has 2 amide bonds. The maximum atomic E-state index is 13.5. The Hall–Kier alpha value is -2.49. The van der Waals surface area contributed by atoms with Gasteiger partial charge in [-0.2, -0.15) is 0 Å². The molecule has 0 bridgehead atoms. The smallest absolute Gasteiger partial charge is 0.251 e. The number of hydrogen-bond donors (Lipinski definition) is 2. The number of Topliss-reactive ketones (excluding diaryl/α,β-unsaturated/α-hetero) is 1. The molecule has 0 aliphatic carbocycles. The van der Waals surface area contributed by atoms with Gasteiger partial charge < -0.3 is 25.0 Å². The molecule has 3 aliphatic rings. The Labute approximate surface area is 207 Å². The van der Waals surface area contributed by atoms with Gasteiger partial charge in [-0.05, 0) is 43.5 Å². The Morgan fingerprint density at radius 1 is 1.09 bits per heavy atom. The van der Waals surface area contributed by atoms with Gasteiger partial charge in [-0.25, -0.2) is 0 Å². The molecule has 3 aliphatic heterocycles. The number of fused-ring (bicyclic) bond motifs is 1. The zero-order valence-corrected chi connectivity index (χ0v) is 21.4. The number of amides is 2. The minimum absolute atomic E-state index is 0.0150. The van der Waals surface area contributed by atoms with E-state index >= 15 is 0 Å². The number of rotatable bonds is 5. The molecule has 0 aromatic heterocycles. The highest BCUT2D eigenvalue weighted by molar-refractivity contribution is 5.99. The molecule has 1 aromatic carbocycles. The summed E-state index contributed by atoms with van der Waals surface area (Å²) in [6.07, 6.45) is -1.61. The summed E-state index contributed by atoms with van der Waals surface area (Å²) in [4.78, 5) is 45.1. The van der Waals surface area contributed by atoms with Crippen LogP contribution in [0.3, 0.4) is 0 Å². The van der Waals surface area contributed by atoms with E-state index in [2.05, 4.69) is 29.0 Å². The molecule has 3 fully saturated rings. The van der Waals surface area contributed by atoms with Gasteiger partial charge in [0.15, 0.2) is 5.78 Å². The molecule has 0 saturated carbocycles. The fourth-order valence-corrected chi connectivity index (χ4v) is 5.21. The van der Waals surface area contributed by atoms with Gasteiger partial charge >= 0.3 is 0 Å². The highest BCUT2D eigenvalue weighted by Gasteiger charge is 2.53. The van der Waals surface area contributed by atoms with Crippen LogP contribution in [0.5, 0.6) is 0 Å². The van der Waals surface area contributed by atoms with Crippen LogP contribution in [0.25, 0.3) is 0 Å². The van der Waals surface area contributed by atoms with Crippen molar-refractivity contribution >= 4 is 23.3 Å². The van der Waals surface area contributed by atoms with E-state index in [1.165, 1.54) is 4.90 Å². The van der Waals surface area contributed by atoms with Crippen molar-refractivity contribution in [2.45, 2.75) is 65.0 Å². The fourth-order valence-electron chi connectivity index (χ4n) is 5.21. The van der Waals surface area contributed by atoms with E-state index in [-0.39, 0.29) is 30.7 Å². The van der Waals surface area contributed by atoms with Gasteiger partial charge in [-0.15, -0.1) is 0 Å². The number of nitrogens with zero attached hydrogens (tertiary/aromatic N) is 3. The molecule has 1 unspecified atom stereocenters. The van der Waals surface area contributed by atoms with Crippen molar-refractivity contribution in [1.29, 1.82) is 0 Å². The highest BCUT2D eigenvalue weighted by atomic mass is 16.5. The molecule has 4 rings (SSSR count). The third-order valence-electron chi connectivity index (χ3n) is 7.37. The van der Waals surface area contributed by atoms with Crippen molar-refractivity contribution in [3.63, 3.8) is 0 Å². The van der Waals surface area contributed by atoms with Crippen LogP contribution in [-0.2, 0) is 14.3 Å². The quantitative estimate of drug-likeness (QED) is 0.638. The standard InChI is InChI=1S/C26H38N4O5/c1-16(2)28-10-12-29(13-11-28)18-8-6-17(7-9-18)24(33)27-23(26(3,4)5)25(34)30-14-19(31)22-21(30)20(32)15-35-22/h6-9,16,19,21-23,31H,10-15H2,1-5H3,(H,27,33)/t19-,21+,22+,23?/m0/s1. The summed E-state index contributed by atoms with van der Waals surface area (Å²) in [5, 5.41) is 13.2. The van der Waals surface area contributed by atoms with Gasteiger partial charge in [0.25, 0.3) is 5.91 Å². The summed E-state index contributed by atoms with van der Waals surface area (Å²) >= 11 is 0. The summed E-state index contributed by atoms with van der Waals surface area (Å²) in [5.41, 5.74) is 0.940. The average Bonchev–Trinajstić information content (AvgIpc) is 3.36. The van der Waals surface area contributed by atoms with Gasteiger partial charge in [-0.1, -0.05) is 20.8 Å². The third-order valence-corrected chi connectivity index (χ3v) is 7.37.